The molecule has 0 radical (unpaired) electrons. The van der Waals surface area contributed by atoms with Crippen LogP contribution in [0.2, 0.25) is 0 Å². The van der Waals surface area contributed by atoms with Gasteiger partial charge < -0.3 is 15.7 Å². The topological polar surface area (TPSA) is 79.2 Å². The summed E-state index contributed by atoms with van der Waals surface area (Å²) in [4.78, 5) is 12.6. The summed E-state index contributed by atoms with van der Waals surface area (Å²) in [6.45, 7) is 1.76. The molecule has 4 rings (SSSR count). The van der Waals surface area contributed by atoms with Crippen LogP contribution in [0.15, 0.2) is 48.5 Å². The first-order valence-electron chi connectivity index (χ1n) is 9.41. The first-order valence-corrected chi connectivity index (χ1v) is 9.41. The number of aromatic hydroxyl groups is 1. The third-order valence-electron chi connectivity index (χ3n) is 5.10. The quantitative estimate of drug-likeness (QED) is 0.403. The predicted molar refractivity (Wildman–Crippen MR) is 105 cm³/mol. The number of nitrogens with one attached hydrogen (secondary N) is 2. The van der Waals surface area contributed by atoms with E-state index in [9.17, 15) is 27.5 Å². The van der Waals surface area contributed by atoms with Gasteiger partial charge in [-0.3, -0.25) is 4.79 Å². The lowest BCUT2D eigenvalue weighted by atomic mass is 9.97. The second-order valence-electron chi connectivity index (χ2n) is 7.38. The van der Waals surface area contributed by atoms with Crippen molar-refractivity contribution >= 4 is 17.4 Å². The maximum Gasteiger partial charge on any atom is 0.410 e. The molecular weight excluding hydrogens is 416 g/mol. The number of phenols is 1. The molecular formula is C21H18F4N4O2. The Hall–Kier alpha value is -3.56. The highest BCUT2D eigenvalue weighted by atomic mass is 19.4. The summed E-state index contributed by atoms with van der Waals surface area (Å²) in [5, 5.41) is 19.2. The molecule has 1 aromatic heterocycles. The lowest BCUT2D eigenvalue weighted by Crippen LogP contribution is -2.35. The summed E-state index contributed by atoms with van der Waals surface area (Å²) >= 11 is 0. The molecule has 1 aliphatic heterocycles. The second kappa shape index (κ2) is 7.60. The Morgan fingerprint density at radius 1 is 1.19 bits per heavy atom. The van der Waals surface area contributed by atoms with Gasteiger partial charge in [-0.25, -0.2) is 9.07 Å². The maximum absolute atomic E-state index is 13.7. The largest absolute Gasteiger partial charge is 0.506 e. The maximum atomic E-state index is 13.7. The van der Waals surface area contributed by atoms with E-state index in [-0.39, 0.29) is 29.4 Å². The van der Waals surface area contributed by atoms with Gasteiger partial charge in [0.05, 0.1) is 11.7 Å². The minimum Gasteiger partial charge on any atom is -0.506 e. The summed E-state index contributed by atoms with van der Waals surface area (Å²) < 4.78 is 55.2. The van der Waals surface area contributed by atoms with E-state index in [1.54, 1.807) is 13.0 Å². The third kappa shape index (κ3) is 4.18. The van der Waals surface area contributed by atoms with Crippen molar-refractivity contribution in [2.24, 2.45) is 0 Å². The fraction of sp³-hybridized carbons (Fsp3) is 0.238. The molecule has 3 N–H and O–H groups in total. The van der Waals surface area contributed by atoms with Crippen LogP contribution in [0.5, 0.6) is 5.75 Å². The van der Waals surface area contributed by atoms with E-state index in [0.717, 1.165) is 10.2 Å². The number of carbonyl (C=O) groups is 1. The summed E-state index contributed by atoms with van der Waals surface area (Å²) in [6.07, 6.45) is -4.98. The fourth-order valence-electron chi connectivity index (χ4n) is 3.53. The van der Waals surface area contributed by atoms with Gasteiger partial charge in [-0.05, 0) is 42.3 Å². The number of carbonyl (C=O) groups excluding carboxylic acids is 1. The van der Waals surface area contributed by atoms with Crippen LogP contribution in [-0.2, 0) is 0 Å². The molecule has 0 bridgehead atoms. The number of benzene rings is 2. The average Bonchev–Trinajstić information content (AvgIpc) is 3.14. The lowest BCUT2D eigenvalue weighted by molar-refractivity contribution is -0.173. The summed E-state index contributed by atoms with van der Waals surface area (Å²) in [5.74, 6) is -1.41. The molecule has 0 saturated carbocycles. The van der Waals surface area contributed by atoms with Crippen molar-refractivity contribution in [3.8, 4) is 5.75 Å². The number of halogens is 4. The van der Waals surface area contributed by atoms with Crippen molar-refractivity contribution in [3.05, 3.63) is 71.2 Å². The van der Waals surface area contributed by atoms with E-state index < -0.39 is 30.0 Å². The van der Waals surface area contributed by atoms with Crippen LogP contribution in [0.3, 0.4) is 0 Å². The first kappa shape index (κ1) is 20.7. The number of anilines is 2. The average molecular weight is 434 g/mol. The van der Waals surface area contributed by atoms with Crippen molar-refractivity contribution in [1.82, 2.24) is 9.78 Å². The molecule has 2 atom stereocenters. The van der Waals surface area contributed by atoms with Gasteiger partial charge in [0.25, 0.3) is 5.91 Å². The van der Waals surface area contributed by atoms with E-state index in [4.69, 9.17) is 0 Å². The smallest absolute Gasteiger partial charge is 0.410 e. The molecule has 0 fully saturated rings. The zero-order chi connectivity index (χ0) is 22.3. The Bertz CT molecular complexity index is 1130. The van der Waals surface area contributed by atoms with Crippen LogP contribution in [0.25, 0.3) is 0 Å². The number of hydrogen-bond donors (Lipinski definition) is 3. The number of alkyl halides is 3. The Labute approximate surface area is 174 Å². The molecule has 2 heterocycles. The summed E-state index contributed by atoms with van der Waals surface area (Å²) in [6, 6.07) is 8.28. The molecule has 0 spiro atoms. The molecule has 1 amide bonds. The fourth-order valence-corrected chi connectivity index (χ4v) is 3.53. The Morgan fingerprint density at radius 2 is 1.90 bits per heavy atom. The van der Waals surface area contributed by atoms with E-state index >= 15 is 0 Å². The highest BCUT2D eigenvalue weighted by Gasteiger charge is 2.46. The van der Waals surface area contributed by atoms with Crippen LogP contribution >= 0.6 is 0 Å². The SMILES string of the molecule is Cc1ccc(O)c(NC(=O)c2cc3n(n2)[C@@H](C(F)(F)F)C[C@@H](c2ccc(F)cc2)N3)c1. The molecule has 1 aliphatic rings. The van der Waals surface area contributed by atoms with Crippen LogP contribution in [0, 0.1) is 12.7 Å². The highest BCUT2D eigenvalue weighted by molar-refractivity contribution is 6.04. The van der Waals surface area contributed by atoms with Gasteiger partial charge in [0.1, 0.15) is 17.4 Å². The van der Waals surface area contributed by atoms with Gasteiger partial charge in [0, 0.05) is 12.5 Å². The van der Waals surface area contributed by atoms with Crippen molar-refractivity contribution in [2.45, 2.75) is 31.6 Å². The highest BCUT2D eigenvalue weighted by Crippen LogP contribution is 2.43. The van der Waals surface area contributed by atoms with Crippen molar-refractivity contribution in [3.63, 3.8) is 0 Å². The number of rotatable bonds is 3. The van der Waals surface area contributed by atoms with E-state index in [0.29, 0.717) is 5.56 Å². The number of nitrogens with zero attached hydrogens (tertiary/aromatic N) is 2. The Morgan fingerprint density at radius 3 is 2.58 bits per heavy atom. The minimum absolute atomic E-state index is 0.0153. The second-order valence-corrected chi connectivity index (χ2v) is 7.38. The van der Waals surface area contributed by atoms with Gasteiger partial charge in [0.15, 0.2) is 11.7 Å². The summed E-state index contributed by atoms with van der Waals surface area (Å²) in [5.41, 5.74) is 1.15. The van der Waals surface area contributed by atoms with E-state index in [1.807, 2.05) is 0 Å². The normalized spacial score (nSPS) is 18.2. The molecule has 3 aromatic rings. The standard InChI is InChI=1S/C21H18F4N4O2/c1-11-2-7-17(30)15(8-11)27-20(31)16-10-19-26-14(12-3-5-13(22)6-4-12)9-18(21(23,24)25)29(19)28-16/h2-8,10,14,18,26,30H,9H2,1H3,(H,27,31)/t14-,18+/m0/s1. The molecule has 31 heavy (non-hydrogen) atoms. The van der Waals surface area contributed by atoms with Gasteiger partial charge in [-0.15, -0.1) is 0 Å². The number of aryl methyl sites for hydroxylation is 1. The molecule has 0 aliphatic carbocycles. The molecule has 162 valence electrons. The van der Waals surface area contributed by atoms with Gasteiger partial charge in [0.2, 0.25) is 0 Å². The van der Waals surface area contributed by atoms with E-state index in [2.05, 4.69) is 15.7 Å². The lowest BCUT2D eigenvalue weighted by Gasteiger charge is -2.33. The van der Waals surface area contributed by atoms with Gasteiger partial charge in [-0.2, -0.15) is 18.3 Å². The van der Waals surface area contributed by atoms with Crippen molar-refractivity contribution in [1.29, 1.82) is 0 Å². The zero-order valence-corrected chi connectivity index (χ0v) is 16.2. The number of amides is 1. The zero-order valence-electron chi connectivity index (χ0n) is 16.2. The van der Waals surface area contributed by atoms with Crippen LogP contribution in [0.4, 0.5) is 29.1 Å². The van der Waals surface area contributed by atoms with Crippen molar-refractivity contribution in [2.75, 3.05) is 10.6 Å². The number of hydrogen-bond acceptors (Lipinski definition) is 4. The van der Waals surface area contributed by atoms with Gasteiger partial charge >= 0.3 is 6.18 Å². The van der Waals surface area contributed by atoms with Crippen molar-refractivity contribution < 1.29 is 27.5 Å². The molecule has 0 saturated heterocycles. The van der Waals surface area contributed by atoms with Crippen LogP contribution in [0.1, 0.15) is 40.1 Å². The molecule has 2 aromatic carbocycles. The minimum atomic E-state index is -4.61. The predicted octanol–water partition coefficient (Wildman–Crippen LogP) is 4.95. The monoisotopic (exact) mass is 434 g/mol. The number of phenolic OH excluding ortho intramolecular Hbond substituents is 1. The Kier molecular flexibility index (Phi) is 5.08. The third-order valence-corrected chi connectivity index (χ3v) is 5.10. The van der Waals surface area contributed by atoms with Crippen LogP contribution in [-0.4, -0.2) is 27.0 Å². The molecule has 6 nitrogen and oxygen atoms in total. The number of fused-ring (bicyclic) bond motifs is 1. The van der Waals surface area contributed by atoms with E-state index in [1.165, 1.54) is 42.5 Å². The summed E-state index contributed by atoms with van der Waals surface area (Å²) in [7, 11) is 0. The number of aromatic nitrogens is 2. The Balaban J connectivity index is 1.65. The van der Waals surface area contributed by atoms with Crippen LogP contribution < -0.4 is 10.6 Å². The molecule has 10 heteroatoms. The first-order chi connectivity index (χ1) is 14.6. The van der Waals surface area contributed by atoms with Gasteiger partial charge in [-0.1, -0.05) is 18.2 Å². The molecule has 0 unspecified atom stereocenters.